The highest BCUT2D eigenvalue weighted by atomic mass is 35.5. The molecule has 0 bridgehead atoms. The first-order valence-electron chi connectivity index (χ1n) is 5.18. The third-order valence-corrected chi connectivity index (χ3v) is 2.54. The van der Waals surface area contributed by atoms with Gasteiger partial charge in [-0.3, -0.25) is 9.59 Å². The Labute approximate surface area is 112 Å². The van der Waals surface area contributed by atoms with E-state index in [0.29, 0.717) is 16.9 Å². The van der Waals surface area contributed by atoms with Gasteiger partial charge in [-0.2, -0.15) is 0 Å². The van der Waals surface area contributed by atoms with Gasteiger partial charge in [-0.15, -0.1) is 0 Å². The summed E-state index contributed by atoms with van der Waals surface area (Å²) in [6, 6.07) is 6.22. The molecule has 0 fully saturated rings. The van der Waals surface area contributed by atoms with E-state index in [0.717, 1.165) is 10.6 Å². The van der Waals surface area contributed by atoms with Crippen LogP contribution in [0.15, 0.2) is 34.9 Å². The molecular formula is C12H8ClN3O3. The van der Waals surface area contributed by atoms with Gasteiger partial charge in [0.25, 0.3) is 0 Å². The van der Waals surface area contributed by atoms with Gasteiger partial charge in [-0.1, -0.05) is 16.8 Å². The van der Waals surface area contributed by atoms with Gasteiger partial charge in [0.05, 0.1) is 0 Å². The topological polar surface area (TPSA) is 88.9 Å². The minimum Gasteiger partial charge on any atom is -0.315 e. The van der Waals surface area contributed by atoms with Gasteiger partial charge in [-0.05, 0) is 30.3 Å². The molecule has 2 rings (SSSR count). The quantitative estimate of drug-likeness (QED) is 0.521. The van der Waals surface area contributed by atoms with E-state index in [-0.39, 0.29) is 11.5 Å². The summed E-state index contributed by atoms with van der Waals surface area (Å²) in [7, 11) is 0. The first-order valence-corrected chi connectivity index (χ1v) is 5.56. The van der Waals surface area contributed by atoms with Crippen molar-refractivity contribution in [3.63, 3.8) is 0 Å². The van der Waals surface area contributed by atoms with Crippen molar-refractivity contribution in [2.45, 2.75) is 0 Å². The van der Waals surface area contributed by atoms with Crippen molar-refractivity contribution in [3.05, 3.63) is 52.4 Å². The molecule has 0 radical (unpaired) electrons. The third kappa shape index (κ3) is 2.69. The Morgan fingerprint density at radius 2 is 2.05 bits per heavy atom. The number of benzene rings is 1. The van der Waals surface area contributed by atoms with Crippen LogP contribution in [0.25, 0.3) is 6.20 Å². The fourth-order valence-electron chi connectivity index (χ4n) is 1.41. The fraction of sp³-hybridized carbons (Fsp3) is 0. The second-order valence-corrected chi connectivity index (χ2v) is 3.93. The molecule has 0 spiro atoms. The highest BCUT2D eigenvalue weighted by Gasteiger charge is 2.17. The number of nitrogens with one attached hydrogen (secondary N) is 1. The number of allylic oxidation sites excluding steroid dienone is 1. The fourth-order valence-corrected chi connectivity index (χ4v) is 1.54. The largest absolute Gasteiger partial charge is 0.324 e. The molecule has 96 valence electrons. The molecule has 19 heavy (non-hydrogen) atoms. The van der Waals surface area contributed by atoms with Crippen molar-refractivity contribution in [1.29, 1.82) is 5.41 Å². The molecule has 6 nitrogen and oxygen atoms in total. The summed E-state index contributed by atoms with van der Waals surface area (Å²) in [5.74, 6) is -0.528. The van der Waals surface area contributed by atoms with Crippen LogP contribution in [0.4, 0.5) is 0 Å². The summed E-state index contributed by atoms with van der Waals surface area (Å²) >= 11 is 5.74. The predicted octanol–water partition coefficient (Wildman–Crippen LogP) is 1.51. The second-order valence-electron chi connectivity index (χ2n) is 3.49. The molecule has 0 aliphatic carbocycles. The van der Waals surface area contributed by atoms with E-state index in [9.17, 15) is 9.59 Å². The zero-order valence-corrected chi connectivity index (χ0v) is 10.3. The lowest BCUT2D eigenvalue weighted by atomic mass is 10.1. The highest BCUT2D eigenvalue weighted by Crippen LogP contribution is 2.12. The van der Waals surface area contributed by atoms with Crippen LogP contribution < -0.4 is 5.68 Å². The number of rotatable bonds is 4. The van der Waals surface area contributed by atoms with Gasteiger partial charge >= 0.3 is 5.68 Å². The lowest BCUT2D eigenvalue weighted by Gasteiger charge is -1.99. The lowest BCUT2D eigenvalue weighted by molar-refractivity contribution is -0.104. The van der Waals surface area contributed by atoms with Crippen LogP contribution in [0, 0.1) is 5.41 Å². The van der Waals surface area contributed by atoms with E-state index in [4.69, 9.17) is 17.0 Å². The normalized spacial score (nSPS) is 10.8. The Morgan fingerprint density at radius 1 is 1.37 bits per heavy atom. The third-order valence-electron chi connectivity index (χ3n) is 2.29. The second kappa shape index (κ2) is 5.45. The molecule has 1 N–H and O–H groups in total. The number of aromatic nitrogens is 2. The molecular weight excluding hydrogens is 270 g/mol. The number of nitrogens with zero attached hydrogens (tertiary/aromatic N) is 2. The highest BCUT2D eigenvalue weighted by molar-refractivity contribution is 6.30. The zero-order valence-electron chi connectivity index (χ0n) is 9.54. The van der Waals surface area contributed by atoms with Gasteiger partial charge < -0.3 is 4.52 Å². The molecule has 0 amide bonds. The maximum atomic E-state index is 12.2. The van der Waals surface area contributed by atoms with Crippen LogP contribution in [-0.4, -0.2) is 21.8 Å². The summed E-state index contributed by atoms with van der Waals surface area (Å²) in [4.78, 5) is 22.5. The van der Waals surface area contributed by atoms with E-state index in [2.05, 4.69) is 9.68 Å². The first kappa shape index (κ1) is 13.0. The molecule has 0 unspecified atom stereocenters. The molecule has 0 aliphatic heterocycles. The number of halogens is 1. The summed E-state index contributed by atoms with van der Waals surface area (Å²) in [5.41, 5.74) is 0.00127. The Bertz CT molecular complexity index is 698. The predicted molar refractivity (Wildman–Crippen MR) is 66.6 cm³/mol. The van der Waals surface area contributed by atoms with Crippen molar-refractivity contribution < 1.29 is 14.1 Å². The van der Waals surface area contributed by atoms with Crippen molar-refractivity contribution >= 4 is 29.9 Å². The van der Waals surface area contributed by atoms with Crippen LogP contribution in [0.1, 0.15) is 16.2 Å². The van der Waals surface area contributed by atoms with Crippen LogP contribution in [0.3, 0.4) is 0 Å². The maximum absolute atomic E-state index is 12.2. The average molecular weight is 278 g/mol. The SMILES string of the molecule is N=c1onc(C(=O)c2ccc(Cl)cc2)n1/C=C\C=O. The van der Waals surface area contributed by atoms with Crippen LogP contribution in [0.2, 0.25) is 5.02 Å². The molecule has 0 saturated carbocycles. The Balaban J connectivity index is 2.44. The minimum absolute atomic E-state index is 0.0922. The Hall–Kier alpha value is -2.47. The monoisotopic (exact) mass is 277 g/mol. The molecule has 0 atom stereocenters. The van der Waals surface area contributed by atoms with Gasteiger partial charge in [-0.25, -0.2) is 9.98 Å². The van der Waals surface area contributed by atoms with Crippen molar-refractivity contribution in [2.24, 2.45) is 0 Å². The average Bonchev–Trinajstić information content (AvgIpc) is 2.78. The maximum Gasteiger partial charge on any atom is 0.324 e. The number of ketones is 1. The van der Waals surface area contributed by atoms with E-state index >= 15 is 0 Å². The summed E-state index contributed by atoms with van der Waals surface area (Å²) in [6.07, 6.45) is 2.89. The van der Waals surface area contributed by atoms with Gasteiger partial charge in [0.1, 0.15) is 6.29 Å². The van der Waals surface area contributed by atoms with Crippen LogP contribution in [-0.2, 0) is 4.79 Å². The molecule has 1 aromatic heterocycles. The number of carbonyl (C=O) groups is 2. The molecule has 7 heteroatoms. The molecule has 2 aromatic rings. The zero-order chi connectivity index (χ0) is 13.8. The van der Waals surface area contributed by atoms with Crippen molar-refractivity contribution in [2.75, 3.05) is 0 Å². The minimum atomic E-state index is -0.436. The first-order chi connectivity index (χ1) is 9.13. The van der Waals surface area contributed by atoms with Gasteiger partial charge in [0, 0.05) is 16.8 Å². The summed E-state index contributed by atoms with van der Waals surface area (Å²) < 4.78 is 5.70. The summed E-state index contributed by atoms with van der Waals surface area (Å²) in [5, 5.41) is 11.5. The van der Waals surface area contributed by atoms with Crippen LogP contribution in [0.5, 0.6) is 0 Å². The van der Waals surface area contributed by atoms with Crippen molar-refractivity contribution in [3.8, 4) is 0 Å². The van der Waals surface area contributed by atoms with E-state index < -0.39 is 5.78 Å². The molecule has 0 aliphatic rings. The Morgan fingerprint density at radius 3 is 2.68 bits per heavy atom. The molecule has 1 aromatic carbocycles. The van der Waals surface area contributed by atoms with E-state index in [1.54, 1.807) is 12.1 Å². The van der Waals surface area contributed by atoms with Crippen LogP contribution >= 0.6 is 11.6 Å². The summed E-state index contributed by atoms with van der Waals surface area (Å²) in [6.45, 7) is 0. The number of carbonyl (C=O) groups excluding carboxylic acids is 2. The van der Waals surface area contributed by atoms with Gasteiger partial charge in [0.15, 0.2) is 0 Å². The number of aldehydes is 1. The van der Waals surface area contributed by atoms with Gasteiger partial charge in [0.2, 0.25) is 11.6 Å². The van der Waals surface area contributed by atoms with E-state index in [1.807, 2.05) is 0 Å². The van der Waals surface area contributed by atoms with E-state index in [1.165, 1.54) is 18.3 Å². The molecule has 1 heterocycles. The standard InChI is InChI=1S/C12H8ClN3O3/c13-9-4-2-8(3-5-9)10(18)11-15-19-12(14)16(11)6-1-7-17/h1-7,14H/b6-1-,14-12?. The van der Waals surface area contributed by atoms with Crippen molar-refractivity contribution in [1.82, 2.24) is 9.72 Å². The lowest BCUT2D eigenvalue weighted by Crippen LogP contribution is -2.16. The number of hydrogen-bond donors (Lipinski definition) is 1. The number of hydrogen-bond acceptors (Lipinski definition) is 5. The smallest absolute Gasteiger partial charge is 0.315 e. The Kier molecular flexibility index (Phi) is 3.72. The molecule has 0 saturated heterocycles.